The molecule has 0 aliphatic carbocycles. The van der Waals surface area contributed by atoms with Crippen LogP contribution < -0.4 is 5.32 Å². The van der Waals surface area contributed by atoms with Crippen molar-refractivity contribution in [2.24, 2.45) is 0 Å². The van der Waals surface area contributed by atoms with Crippen molar-refractivity contribution >= 4 is 5.91 Å². The van der Waals surface area contributed by atoms with E-state index in [2.05, 4.69) is 116 Å². The van der Waals surface area contributed by atoms with Gasteiger partial charge >= 0.3 is 0 Å². The number of hydrogen-bond acceptors (Lipinski definition) is 3. The van der Waals surface area contributed by atoms with E-state index < -0.39 is 12.1 Å². The van der Waals surface area contributed by atoms with E-state index in [-0.39, 0.29) is 12.5 Å². The van der Waals surface area contributed by atoms with Crippen molar-refractivity contribution in [2.75, 3.05) is 6.61 Å². The summed E-state index contributed by atoms with van der Waals surface area (Å²) in [5.74, 6) is -0.0875. The second kappa shape index (κ2) is 58.4. The first-order valence-corrected chi connectivity index (χ1v) is 29.1. The Kier molecular flexibility index (Phi) is 55.8. The number of rotatable bonds is 52. The van der Waals surface area contributed by atoms with Crippen LogP contribution in [0.4, 0.5) is 0 Å². The number of aliphatic hydroxyl groups is 2. The van der Waals surface area contributed by atoms with Crippen LogP contribution in [0.25, 0.3) is 0 Å². The van der Waals surface area contributed by atoms with Gasteiger partial charge in [0.25, 0.3) is 0 Å². The zero-order valence-corrected chi connectivity index (χ0v) is 44.8. The van der Waals surface area contributed by atoms with Crippen molar-refractivity contribution in [1.29, 1.82) is 0 Å². The molecule has 0 aliphatic heterocycles. The van der Waals surface area contributed by atoms with Crippen LogP contribution in [0.1, 0.15) is 271 Å². The Bertz CT molecular complexity index is 1300. The molecule has 0 heterocycles. The third-order valence-electron chi connectivity index (χ3n) is 12.7. The van der Waals surface area contributed by atoms with Gasteiger partial charge in [0.05, 0.1) is 18.8 Å². The molecule has 0 spiro atoms. The molecule has 2 unspecified atom stereocenters. The summed E-state index contributed by atoms with van der Waals surface area (Å²) in [6.07, 6.45) is 88.2. The summed E-state index contributed by atoms with van der Waals surface area (Å²) in [4.78, 5) is 12.5. The summed E-state index contributed by atoms with van der Waals surface area (Å²) in [5.41, 5.74) is 0. The molecule has 0 rings (SSSR count). The molecule has 4 heteroatoms. The summed E-state index contributed by atoms with van der Waals surface area (Å²) in [6, 6.07) is -0.655. The first-order valence-electron chi connectivity index (χ1n) is 29.1. The van der Waals surface area contributed by atoms with E-state index in [4.69, 9.17) is 0 Å². The molecule has 0 aromatic rings. The van der Waals surface area contributed by atoms with E-state index in [1.54, 1.807) is 6.08 Å². The Morgan fingerprint density at radius 2 is 0.662 bits per heavy atom. The van der Waals surface area contributed by atoms with Gasteiger partial charge < -0.3 is 15.5 Å². The van der Waals surface area contributed by atoms with E-state index in [1.807, 2.05) is 6.08 Å². The third-order valence-corrected chi connectivity index (χ3v) is 12.7. The Morgan fingerprint density at radius 1 is 0.368 bits per heavy atom. The van der Waals surface area contributed by atoms with E-state index in [1.165, 1.54) is 161 Å². The largest absolute Gasteiger partial charge is 0.394 e. The molecule has 4 nitrogen and oxygen atoms in total. The van der Waals surface area contributed by atoms with Crippen molar-refractivity contribution in [1.82, 2.24) is 5.32 Å². The van der Waals surface area contributed by atoms with Gasteiger partial charge in [-0.15, -0.1) is 0 Å². The molecule has 1 amide bonds. The van der Waals surface area contributed by atoms with E-state index >= 15 is 0 Å². The maximum absolute atomic E-state index is 12.5. The highest BCUT2D eigenvalue weighted by molar-refractivity contribution is 5.76. The number of nitrogens with one attached hydrogen (secondary N) is 1. The topological polar surface area (TPSA) is 69.6 Å². The lowest BCUT2D eigenvalue weighted by atomic mass is 10.0. The van der Waals surface area contributed by atoms with Gasteiger partial charge in [0, 0.05) is 6.42 Å². The molecule has 0 saturated carbocycles. The second-order valence-corrected chi connectivity index (χ2v) is 19.3. The Morgan fingerprint density at radius 3 is 1.03 bits per heavy atom. The number of aliphatic hydroxyl groups excluding tert-OH is 2. The van der Waals surface area contributed by atoms with E-state index in [0.29, 0.717) is 6.42 Å². The minimum Gasteiger partial charge on any atom is -0.394 e. The van der Waals surface area contributed by atoms with Crippen molar-refractivity contribution in [3.05, 3.63) is 109 Å². The molecule has 0 fully saturated rings. The zero-order valence-electron chi connectivity index (χ0n) is 44.8. The number of carbonyl (C=O) groups is 1. The summed E-state index contributed by atoms with van der Waals surface area (Å²) in [7, 11) is 0. The van der Waals surface area contributed by atoms with E-state index in [9.17, 15) is 15.0 Å². The normalized spacial score (nSPS) is 13.6. The lowest BCUT2D eigenvalue weighted by molar-refractivity contribution is -0.123. The summed E-state index contributed by atoms with van der Waals surface area (Å²) >= 11 is 0. The number of unbranched alkanes of at least 4 members (excludes halogenated alkanes) is 29. The SMILES string of the molecule is CC/C=C\C/C=C\C/C=C\C/C=C\C/C=C\C/C=C\C/C=C\CCCCCCCCCC(=O)NC(CO)C(O)/C=C/CC/C=C/CCCCCCCCCCCCCCCCCCCCCCC. The monoisotopic (exact) mass is 942 g/mol. The first-order chi connectivity index (χ1) is 33.7. The molecule has 0 bridgehead atoms. The minimum atomic E-state index is -0.876. The molecule has 390 valence electrons. The molecule has 3 N–H and O–H groups in total. The van der Waals surface area contributed by atoms with Gasteiger partial charge in [0.2, 0.25) is 5.91 Å². The van der Waals surface area contributed by atoms with Crippen LogP contribution in [0.5, 0.6) is 0 Å². The third kappa shape index (κ3) is 54.0. The van der Waals surface area contributed by atoms with Crippen molar-refractivity contribution < 1.29 is 15.0 Å². The average molecular weight is 943 g/mol. The predicted octanol–water partition coefficient (Wildman–Crippen LogP) is 19.5. The van der Waals surface area contributed by atoms with Crippen molar-refractivity contribution in [3.63, 3.8) is 0 Å². The van der Waals surface area contributed by atoms with Gasteiger partial charge in [-0.05, 0) is 89.9 Å². The highest BCUT2D eigenvalue weighted by Gasteiger charge is 2.18. The molecular formula is C64H111NO3. The fourth-order valence-electron chi connectivity index (χ4n) is 8.35. The molecule has 0 aromatic heterocycles. The summed E-state index contributed by atoms with van der Waals surface area (Å²) in [5, 5.41) is 23.2. The van der Waals surface area contributed by atoms with Gasteiger partial charge in [0.15, 0.2) is 0 Å². The molecule has 0 aliphatic rings. The number of hydrogen-bond donors (Lipinski definition) is 3. The smallest absolute Gasteiger partial charge is 0.220 e. The minimum absolute atomic E-state index is 0.0875. The highest BCUT2D eigenvalue weighted by atomic mass is 16.3. The van der Waals surface area contributed by atoms with Crippen LogP contribution in [0.3, 0.4) is 0 Å². The number of carbonyl (C=O) groups excluding carboxylic acids is 1. The van der Waals surface area contributed by atoms with Crippen LogP contribution in [-0.4, -0.2) is 34.9 Å². The quantitative estimate of drug-likeness (QED) is 0.0420. The van der Waals surface area contributed by atoms with Crippen molar-refractivity contribution in [2.45, 2.75) is 283 Å². The summed E-state index contributed by atoms with van der Waals surface area (Å²) in [6.45, 7) is 4.19. The maximum Gasteiger partial charge on any atom is 0.220 e. The number of amides is 1. The van der Waals surface area contributed by atoms with Crippen LogP contribution >= 0.6 is 0 Å². The van der Waals surface area contributed by atoms with Crippen LogP contribution in [-0.2, 0) is 4.79 Å². The fourth-order valence-corrected chi connectivity index (χ4v) is 8.35. The zero-order chi connectivity index (χ0) is 49.2. The van der Waals surface area contributed by atoms with Crippen LogP contribution in [0.2, 0.25) is 0 Å². The van der Waals surface area contributed by atoms with Crippen LogP contribution in [0, 0.1) is 0 Å². The van der Waals surface area contributed by atoms with Gasteiger partial charge in [-0.25, -0.2) is 0 Å². The molecule has 0 radical (unpaired) electrons. The molecule has 0 aromatic carbocycles. The van der Waals surface area contributed by atoms with Gasteiger partial charge in [-0.1, -0.05) is 284 Å². The Labute approximate surface area is 423 Å². The second-order valence-electron chi connectivity index (χ2n) is 19.3. The van der Waals surface area contributed by atoms with E-state index in [0.717, 1.165) is 89.9 Å². The highest BCUT2D eigenvalue weighted by Crippen LogP contribution is 2.16. The van der Waals surface area contributed by atoms with Gasteiger partial charge in [-0.2, -0.15) is 0 Å². The molecule has 2 atom stereocenters. The molecule has 68 heavy (non-hydrogen) atoms. The Hall–Kier alpha value is -2.95. The summed E-state index contributed by atoms with van der Waals surface area (Å²) < 4.78 is 0. The molecular weight excluding hydrogens is 831 g/mol. The van der Waals surface area contributed by atoms with Crippen molar-refractivity contribution in [3.8, 4) is 0 Å². The number of allylic oxidation sites excluding steroid dienone is 17. The average Bonchev–Trinajstić information content (AvgIpc) is 3.34. The maximum atomic E-state index is 12.5. The van der Waals surface area contributed by atoms with Gasteiger partial charge in [0.1, 0.15) is 0 Å². The van der Waals surface area contributed by atoms with Gasteiger partial charge in [-0.3, -0.25) is 4.79 Å². The fraction of sp³-hybridized carbons (Fsp3) is 0.703. The lowest BCUT2D eigenvalue weighted by Crippen LogP contribution is -2.45. The first kappa shape index (κ1) is 65.0. The predicted molar refractivity (Wildman–Crippen MR) is 303 cm³/mol. The standard InChI is InChI=1S/C64H111NO3/c1-3-5-7-9-11-13-15-17-19-21-23-25-27-29-31-32-34-36-38-40-42-44-46-48-50-52-54-56-58-60-64(68)65-62(61-66)63(67)59-57-55-53-51-49-47-45-43-41-39-37-35-33-30-28-26-24-22-20-18-16-14-12-10-8-6-4-2/h5,7,11,13,17,19,23,25,29,31,34,36,40,42,49,51,57,59,62-63,66-67H,3-4,6,8-10,12,14-16,18,20-22,24,26-28,30,32-33,35,37-39,41,43-48,50,52-56,58,60-61H2,1-2H3,(H,65,68)/b7-5-,13-11-,19-17-,25-23-,31-29-,36-34-,42-40-,51-49+,59-57+. The Balaban J connectivity index is 3.62. The van der Waals surface area contributed by atoms with Crippen LogP contribution in [0.15, 0.2) is 109 Å². The lowest BCUT2D eigenvalue weighted by Gasteiger charge is -2.19. The molecule has 0 saturated heterocycles.